The molecule has 1 aliphatic heterocycles. The largest absolute Gasteiger partial charge is 0.481 e. The molecule has 1 aromatic carbocycles. The number of carbonyl (C=O) groups excluding carboxylic acids is 3. The zero-order chi connectivity index (χ0) is 27.7. The Hall–Kier alpha value is -4.54. The van der Waals surface area contributed by atoms with Crippen molar-refractivity contribution in [2.24, 2.45) is 18.7 Å². The fraction of sp³-hybridized carbons (Fsp3) is 0.357. The molecule has 11 nitrogen and oxygen atoms in total. The first-order valence-corrected chi connectivity index (χ1v) is 12.9. The van der Waals surface area contributed by atoms with Crippen molar-refractivity contribution in [1.82, 2.24) is 25.0 Å². The topological polar surface area (TPSA) is 161 Å². The van der Waals surface area contributed by atoms with Crippen molar-refractivity contribution in [1.29, 1.82) is 0 Å². The lowest BCUT2D eigenvalue weighted by Gasteiger charge is -2.34. The van der Waals surface area contributed by atoms with Gasteiger partial charge in [0.15, 0.2) is 0 Å². The van der Waals surface area contributed by atoms with Gasteiger partial charge in [0.2, 0.25) is 5.91 Å². The highest BCUT2D eigenvalue weighted by molar-refractivity contribution is 6.03. The van der Waals surface area contributed by atoms with Crippen LogP contribution >= 0.6 is 0 Å². The number of benzene rings is 1. The van der Waals surface area contributed by atoms with Crippen LogP contribution in [-0.2, 0) is 23.2 Å². The van der Waals surface area contributed by atoms with E-state index in [1.54, 1.807) is 35.3 Å². The molecule has 5 rings (SSSR count). The molecule has 0 bridgehead atoms. The molecule has 0 spiro atoms. The van der Waals surface area contributed by atoms with E-state index in [-0.39, 0.29) is 37.3 Å². The van der Waals surface area contributed by atoms with Gasteiger partial charge in [-0.1, -0.05) is 12.5 Å². The van der Waals surface area contributed by atoms with Gasteiger partial charge in [0.05, 0.1) is 17.9 Å². The summed E-state index contributed by atoms with van der Waals surface area (Å²) in [5.41, 5.74) is 9.44. The number of aryl methyl sites for hydroxylation is 1. The summed E-state index contributed by atoms with van der Waals surface area (Å²) < 4.78 is 1.72. The Bertz CT molecular complexity index is 1450. The predicted molar refractivity (Wildman–Crippen MR) is 140 cm³/mol. The van der Waals surface area contributed by atoms with E-state index in [9.17, 15) is 19.2 Å². The number of nitrogens with one attached hydrogen (secondary N) is 1. The number of hydrogen-bond donors (Lipinski definition) is 3. The highest BCUT2D eigenvalue weighted by atomic mass is 16.4. The van der Waals surface area contributed by atoms with Crippen LogP contribution in [0.25, 0.3) is 11.1 Å². The number of amides is 3. The Morgan fingerprint density at radius 1 is 1.21 bits per heavy atom. The molecule has 39 heavy (non-hydrogen) atoms. The smallest absolute Gasteiger partial charge is 0.303 e. The number of aromatic nitrogens is 3. The summed E-state index contributed by atoms with van der Waals surface area (Å²) in [5, 5.41) is 16.5. The standard InChI is InChI=1S/C28H30N6O5/c1-33-14-19(13-31-33)20-6-3-11-30-25(20)24(16-4-2-5-16)32-27(38)17-7-8-21-18(12-17)15-34(28(21)39)22(26(29)37)9-10-23(35)36/h3,6-8,11-14,16,22,24H,2,4-5,9-10,15H2,1H3,(H2,29,37)(H,32,38)(H,35,36). The molecule has 2 unspecified atom stereocenters. The quantitative estimate of drug-likeness (QED) is 0.363. The van der Waals surface area contributed by atoms with Crippen LogP contribution in [-0.4, -0.2) is 54.5 Å². The van der Waals surface area contributed by atoms with Crippen molar-refractivity contribution in [3.63, 3.8) is 0 Å². The van der Waals surface area contributed by atoms with Crippen LogP contribution in [0, 0.1) is 5.92 Å². The Balaban J connectivity index is 1.38. The third kappa shape index (κ3) is 5.25. The first kappa shape index (κ1) is 26.1. The van der Waals surface area contributed by atoms with Gasteiger partial charge in [-0.15, -0.1) is 0 Å². The number of hydrogen-bond acceptors (Lipinski definition) is 6. The summed E-state index contributed by atoms with van der Waals surface area (Å²) in [6, 6.07) is 7.31. The number of carboxylic acid groups (broad SMARTS) is 1. The van der Waals surface area contributed by atoms with Crippen LogP contribution in [0.4, 0.5) is 0 Å². The number of nitrogens with zero attached hydrogens (tertiary/aromatic N) is 4. The molecule has 1 fully saturated rings. The molecule has 2 atom stereocenters. The predicted octanol–water partition coefficient (Wildman–Crippen LogP) is 2.43. The molecule has 0 saturated heterocycles. The number of carbonyl (C=O) groups is 4. The average molecular weight is 531 g/mol. The van der Waals surface area contributed by atoms with Gasteiger partial charge in [-0.3, -0.25) is 28.8 Å². The molecule has 4 N–H and O–H groups in total. The minimum Gasteiger partial charge on any atom is -0.481 e. The normalized spacial score (nSPS) is 16.3. The Morgan fingerprint density at radius 3 is 2.64 bits per heavy atom. The SMILES string of the molecule is Cn1cc(-c2cccnc2C(NC(=O)c2ccc3c(c2)CN(C(CCC(=O)O)C(N)=O)C3=O)C2CCC2)cn1. The van der Waals surface area contributed by atoms with E-state index in [1.807, 2.05) is 25.4 Å². The van der Waals surface area contributed by atoms with Crippen molar-refractivity contribution in [2.75, 3.05) is 0 Å². The van der Waals surface area contributed by atoms with Gasteiger partial charge < -0.3 is 21.1 Å². The molecule has 3 amide bonds. The van der Waals surface area contributed by atoms with Crippen molar-refractivity contribution in [2.45, 2.75) is 50.7 Å². The lowest BCUT2D eigenvalue weighted by molar-refractivity contribution is -0.137. The molecule has 202 valence electrons. The number of nitrogens with two attached hydrogens (primary N) is 1. The third-order valence-electron chi connectivity index (χ3n) is 7.59. The van der Waals surface area contributed by atoms with E-state index in [1.165, 1.54) is 4.90 Å². The van der Waals surface area contributed by atoms with Crippen LogP contribution in [0.15, 0.2) is 48.9 Å². The van der Waals surface area contributed by atoms with E-state index in [4.69, 9.17) is 10.8 Å². The van der Waals surface area contributed by atoms with E-state index in [0.29, 0.717) is 16.7 Å². The third-order valence-corrected chi connectivity index (χ3v) is 7.59. The molecule has 3 heterocycles. The summed E-state index contributed by atoms with van der Waals surface area (Å²) in [5.74, 6) is -2.30. The number of pyridine rings is 1. The Kier molecular flexibility index (Phi) is 7.14. The summed E-state index contributed by atoms with van der Waals surface area (Å²) in [7, 11) is 1.85. The van der Waals surface area contributed by atoms with Gasteiger partial charge in [-0.25, -0.2) is 0 Å². The molecule has 3 aromatic rings. The van der Waals surface area contributed by atoms with Crippen molar-refractivity contribution >= 4 is 23.7 Å². The molecule has 2 aliphatic rings. The summed E-state index contributed by atoms with van der Waals surface area (Å²) in [6.45, 7) is 0.0694. The highest BCUT2D eigenvalue weighted by Gasteiger charge is 2.37. The minimum atomic E-state index is -1.08. The number of carboxylic acids is 1. The van der Waals surface area contributed by atoms with Crippen molar-refractivity contribution in [3.05, 3.63) is 71.3 Å². The second-order valence-electron chi connectivity index (χ2n) is 10.1. The summed E-state index contributed by atoms with van der Waals surface area (Å²) >= 11 is 0. The van der Waals surface area contributed by atoms with Crippen LogP contribution in [0.1, 0.15) is 70.1 Å². The van der Waals surface area contributed by atoms with E-state index < -0.39 is 23.8 Å². The molecule has 1 saturated carbocycles. The number of aliphatic carboxylic acids is 1. The van der Waals surface area contributed by atoms with Crippen molar-refractivity contribution < 1.29 is 24.3 Å². The van der Waals surface area contributed by atoms with Gasteiger partial charge in [-0.2, -0.15) is 5.10 Å². The lowest BCUT2D eigenvalue weighted by Crippen LogP contribution is -2.45. The first-order valence-electron chi connectivity index (χ1n) is 12.9. The maximum absolute atomic E-state index is 13.5. The summed E-state index contributed by atoms with van der Waals surface area (Å²) in [6.07, 6.45) is 8.09. The number of primary amides is 1. The first-order chi connectivity index (χ1) is 18.7. The highest BCUT2D eigenvalue weighted by Crippen LogP contribution is 2.40. The van der Waals surface area contributed by atoms with Crippen LogP contribution in [0.5, 0.6) is 0 Å². The maximum Gasteiger partial charge on any atom is 0.303 e. The molecule has 0 radical (unpaired) electrons. The van der Waals surface area contributed by atoms with Crippen LogP contribution < -0.4 is 11.1 Å². The van der Waals surface area contributed by atoms with E-state index in [2.05, 4.69) is 15.4 Å². The van der Waals surface area contributed by atoms with Crippen LogP contribution in [0.3, 0.4) is 0 Å². The lowest BCUT2D eigenvalue weighted by atomic mass is 9.77. The Labute approximate surface area is 225 Å². The second-order valence-corrected chi connectivity index (χ2v) is 10.1. The molecule has 11 heteroatoms. The van der Waals surface area contributed by atoms with Gasteiger partial charge in [0, 0.05) is 54.7 Å². The number of fused-ring (bicyclic) bond motifs is 1. The Morgan fingerprint density at radius 2 is 2.00 bits per heavy atom. The van der Waals surface area contributed by atoms with Gasteiger partial charge in [0.1, 0.15) is 6.04 Å². The second kappa shape index (κ2) is 10.7. The number of rotatable bonds is 10. The monoisotopic (exact) mass is 530 g/mol. The van der Waals surface area contributed by atoms with Crippen molar-refractivity contribution in [3.8, 4) is 11.1 Å². The molecule has 1 aliphatic carbocycles. The maximum atomic E-state index is 13.5. The molecular weight excluding hydrogens is 500 g/mol. The van der Waals surface area contributed by atoms with Crippen LogP contribution in [0.2, 0.25) is 0 Å². The fourth-order valence-electron chi connectivity index (χ4n) is 5.33. The molecule has 2 aromatic heterocycles. The van der Waals surface area contributed by atoms with Gasteiger partial charge in [-0.05, 0) is 55.0 Å². The zero-order valence-corrected chi connectivity index (χ0v) is 21.5. The summed E-state index contributed by atoms with van der Waals surface area (Å²) in [4.78, 5) is 55.5. The average Bonchev–Trinajstić information content (AvgIpc) is 3.45. The molecular formula is C28H30N6O5. The van der Waals surface area contributed by atoms with E-state index >= 15 is 0 Å². The zero-order valence-electron chi connectivity index (χ0n) is 21.5. The minimum absolute atomic E-state index is 0.0694. The fourth-order valence-corrected chi connectivity index (χ4v) is 5.33. The van der Waals surface area contributed by atoms with Gasteiger partial charge in [0.25, 0.3) is 11.8 Å². The van der Waals surface area contributed by atoms with E-state index in [0.717, 1.165) is 36.1 Å². The van der Waals surface area contributed by atoms with Gasteiger partial charge >= 0.3 is 5.97 Å².